The summed E-state index contributed by atoms with van der Waals surface area (Å²) in [6, 6.07) is 20.9. The second-order valence-corrected chi connectivity index (χ2v) is 8.37. The fraction of sp³-hybridized carbons (Fsp3) is 0.346. The number of thioether (sulfide) groups is 1. The molecule has 0 aliphatic rings. The smallest absolute Gasteiger partial charge is 0.158 e. The molecule has 164 valence electrons. The normalized spacial score (nSPS) is 12.0. The number of nitrogens with zero attached hydrogens (tertiary/aromatic N) is 1. The zero-order valence-corrected chi connectivity index (χ0v) is 19.6. The first-order valence-electron chi connectivity index (χ1n) is 10.7. The Labute approximate surface area is 189 Å². The SMILES string of the molecule is CCOC(Cc1ccc(OCCn2c(C)ccc2-c2ccc(SC)cc2)cc1)C(C)=O. The lowest BCUT2D eigenvalue weighted by atomic mass is 10.1. The summed E-state index contributed by atoms with van der Waals surface area (Å²) in [5.41, 5.74) is 4.70. The van der Waals surface area contributed by atoms with Gasteiger partial charge in [-0.05, 0) is 74.6 Å². The minimum atomic E-state index is -0.378. The van der Waals surface area contributed by atoms with Crippen LogP contribution >= 0.6 is 11.8 Å². The number of rotatable bonds is 11. The van der Waals surface area contributed by atoms with E-state index in [9.17, 15) is 4.79 Å². The largest absolute Gasteiger partial charge is 0.492 e. The van der Waals surface area contributed by atoms with Gasteiger partial charge in [0.25, 0.3) is 0 Å². The van der Waals surface area contributed by atoms with Crippen molar-refractivity contribution in [3.8, 4) is 17.0 Å². The molecule has 1 heterocycles. The van der Waals surface area contributed by atoms with E-state index >= 15 is 0 Å². The van der Waals surface area contributed by atoms with E-state index in [-0.39, 0.29) is 11.9 Å². The highest BCUT2D eigenvalue weighted by Gasteiger charge is 2.14. The van der Waals surface area contributed by atoms with E-state index in [1.165, 1.54) is 21.8 Å². The highest BCUT2D eigenvalue weighted by molar-refractivity contribution is 7.98. The van der Waals surface area contributed by atoms with Crippen molar-refractivity contribution in [2.45, 2.75) is 44.7 Å². The molecule has 1 atom stereocenters. The molecule has 0 radical (unpaired) electrons. The van der Waals surface area contributed by atoms with Gasteiger partial charge in [-0.1, -0.05) is 24.3 Å². The van der Waals surface area contributed by atoms with Crippen LogP contribution < -0.4 is 4.74 Å². The Hall–Kier alpha value is -2.50. The monoisotopic (exact) mass is 437 g/mol. The van der Waals surface area contributed by atoms with E-state index < -0.39 is 0 Å². The second kappa shape index (κ2) is 11.2. The topological polar surface area (TPSA) is 40.5 Å². The number of hydrogen-bond acceptors (Lipinski definition) is 4. The van der Waals surface area contributed by atoms with E-state index in [0.29, 0.717) is 19.6 Å². The molecule has 3 aromatic rings. The lowest BCUT2D eigenvalue weighted by molar-refractivity contribution is -0.127. The first kappa shape index (κ1) is 23.2. The third kappa shape index (κ3) is 6.25. The summed E-state index contributed by atoms with van der Waals surface area (Å²) in [6.07, 6.45) is 2.30. The van der Waals surface area contributed by atoms with Crippen molar-refractivity contribution in [1.82, 2.24) is 4.57 Å². The van der Waals surface area contributed by atoms with Crippen molar-refractivity contribution in [1.29, 1.82) is 0 Å². The summed E-state index contributed by atoms with van der Waals surface area (Å²) in [5.74, 6) is 0.887. The van der Waals surface area contributed by atoms with Crippen molar-refractivity contribution < 1.29 is 14.3 Å². The molecule has 5 heteroatoms. The molecule has 0 fully saturated rings. The standard InChI is InChI=1S/C26H31NO3S/c1-5-29-26(20(3)28)18-21-7-11-23(12-8-21)30-17-16-27-19(2)6-15-25(27)22-9-13-24(31-4)14-10-22/h6-15,26H,5,16-18H2,1-4H3. The lowest BCUT2D eigenvalue weighted by Gasteiger charge is -2.15. The van der Waals surface area contributed by atoms with Crippen LogP contribution in [-0.4, -0.2) is 35.9 Å². The number of carbonyl (C=O) groups is 1. The Bertz CT molecular complexity index is 977. The molecule has 0 aliphatic carbocycles. The van der Waals surface area contributed by atoms with Crippen LogP contribution in [0.15, 0.2) is 65.6 Å². The van der Waals surface area contributed by atoms with Crippen LogP contribution in [0, 0.1) is 6.92 Å². The molecular weight excluding hydrogens is 406 g/mol. The Morgan fingerprint density at radius 3 is 2.35 bits per heavy atom. The Balaban J connectivity index is 1.59. The Kier molecular flexibility index (Phi) is 8.38. The van der Waals surface area contributed by atoms with Gasteiger partial charge >= 0.3 is 0 Å². The lowest BCUT2D eigenvalue weighted by Crippen LogP contribution is -2.24. The summed E-state index contributed by atoms with van der Waals surface area (Å²) in [7, 11) is 0. The summed E-state index contributed by atoms with van der Waals surface area (Å²) in [5, 5.41) is 0. The van der Waals surface area contributed by atoms with E-state index in [2.05, 4.69) is 54.1 Å². The third-order valence-electron chi connectivity index (χ3n) is 5.33. The average Bonchev–Trinajstić information content (AvgIpc) is 3.15. The summed E-state index contributed by atoms with van der Waals surface area (Å²) in [6.45, 7) is 7.50. The van der Waals surface area contributed by atoms with E-state index in [4.69, 9.17) is 9.47 Å². The maximum atomic E-state index is 11.7. The van der Waals surface area contributed by atoms with Crippen LogP contribution in [0.25, 0.3) is 11.3 Å². The molecule has 1 aromatic heterocycles. The average molecular weight is 438 g/mol. The highest BCUT2D eigenvalue weighted by Crippen LogP contribution is 2.25. The summed E-state index contributed by atoms with van der Waals surface area (Å²) >= 11 is 1.75. The van der Waals surface area contributed by atoms with Crippen molar-refractivity contribution in [3.05, 3.63) is 71.9 Å². The van der Waals surface area contributed by atoms with Gasteiger partial charge in [-0.3, -0.25) is 4.79 Å². The van der Waals surface area contributed by atoms with Crippen LogP contribution in [0.5, 0.6) is 5.75 Å². The van der Waals surface area contributed by atoms with Crippen LogP contribution in [-0.2, 0) is 22.5 Å². The molecule has 0 spiro atoms. The molecule has 4 nitrogen and oxygen atoms in total. The number of hydrogen-bond donors (Lipinski definition) is 0. The number of benzene rings is 2. The van der Waals surface area contributed by atoms with Crippen molar-refractivity contribution in [2.75, 3.05) is 19.5 Å². The molecule has 31 heavy (non-hydrogen) atoms. The van der Waals surface area contributed by atoms with Gasteiger partial charge < -0.3 is 14.0 Å². The molecule has 0 bridgehead atoms. The zero-order chi connectivity index (χ0) is 22.2. The van der Waals surface area contributed by atoms with Crippen LogP contribution in [0.2, 0.25) is 0 Å². The van der Waals surface area contributed by atoms with Crippen molar-refractivity contribution in [2.24, 2.45) is 0 Å². The van der Waals surface area contributed by atoms with Gasteiger partial charge in [0.05, 0.1) is 6.54 Å². The summed E-state index contributed by atoms with van der Waals surface area (Å²) in [4.78, 5) is 13.0. The molecule has 0 amide bonds. The van der Waals surface area contributed by atoms with Gasteiger partial charge in [0.2, 0.25) is 0 Å². The van der Waals surface area contributed by atoms with Crippen LogP contribution in [0.3, 0.4) is 0 Å². The Morgan fingerprint density at radius 2 is 1.74 bits per heavy atom. The molecule has 0 saturated heterocycles. The zero-order valence-electron chi connectivity index (χ0n) is 18.8. The van der Waals surface area contributed by atoms with E-state index in [1.807, 2.05) is 31.2 Å². The minimum Gasteiger partial charge on any atom is -0.492 e. The minimum absolute atomic E-state index is 0.0585. The van der Waals surface area contributed by atoms with E-state index in [1.54, 1.807) is 18.7 Å². The molecule has 3 rings (SSSR count). The summed E-state index contributed by atoms with van der Waals surface area (Å²) < 4.78 is 13.8. The third-order valence-corrected chi connectivity index (χ3v) is 6.08. The van der Waals surface area contributed by atoms with E-state index in [0.717, 1.165) is 17.9 Å². The first-order chi connectivity index (χ1) is 15.0. The number of Topliss-reactive ketones (excluding diaryl/α,β-unsaturated/α-hetero) is 1. The van der Waals surface area contributed by atoms with Crippen molar-refractivity contribution in [3.63, 3.8) is 0 Å². The number of carbonyl (C=O) groups excluding carboxylic acids is 1. The number of ketones is 1. The van der Waals surface area contributed by atoms with Gasteiger partial charge in [0.15, 0.2) is 5.78 Å². The van der Waals surface area contributed by atoms with Gasteiger partial charge in [0, 0.05) is 29.3 Å². The highest BCUT2D eigenvalue weighted by atomic mass is 32.2. The predicted octanol–water partition coefficient (Wildman–Crippen LogP) is 5.80. The molecule has 2 aromatic carbocycles. The number of aromatic nitrogens is 1. The second-order valence-electron chi connectivity index (χ2n) is 7.49. The molecule has 0 aliphatic heterocycles. The maximum absolute atomic E-state index is 11.7. The quantitative estimate of drug-likeness (QED) is 0.355. The van der Waals surface area contributed by atoms with Gasteiger partial charge in [-0.15, -0.1) is 11.8 Å². The van der Waals surface area contributed by atoms with Crippen LogP contribution in [0.1, 0.15) is 25.1 Å². The predicted molar refractivity (Wildman–Crippen MR) is 128 cm³/mol. The maximum Gasteiger partial charge on any atom is 0.158 e. The van der Waals surface area contributed by atoms with Crippen molar-refractivity contribution >= 4 is 17.5 Å². The fourth-order valence-corrected chi connectivity index (χ4v) is 4.00. The Morgan fingerprint density at radius 1 is 1.03 bits per heavy atom. The van der Waals surface area contributed by atoms with Gasteiger partial charge in [-0.2, -0.15) is 0 Å². The molecule has 0 N–H and O–H groups in total. The number of ether oxygens (including phenoxy) is 2. The first-order valence-corrected chi connectivity index (χ1v) is 11.9. The van der Waals surface area contributed by atoms with Gasteiger partial charge in [0.1, 0.15) is 18.5 Å². The number of aryl methyl sites for hydroxylation is 1. The molecule has 1 unspecified atom stereocenters. The fourth-order valence-electron chi connectivity index (χ4n) is 3.59. The van der Waals surface area contributed by atoms with Crippen LogP contribution in [0.4, 0.5) is 0 Å². The molecule has 0 saturated carbocycles. The van der Waals surface area contributed by atoms with Gasteiger partial charge in [-0.25, -0.2) is 0 Å². The molecular formula is C26H31NO3S.